The number of amides is 1. The molecule has 1 saturated heterocycles. The molecule has 6 nitrogen and oxygen atoms in total. The van der Waals surface area contributed by atoms with Crippen LogP contribution in [0.15, 0.2) is 47.4 Å². The summed E-state index contributed by atoms with van der Waals surface area (Å²) in [6.07, 6.45) is 0.597. The summed E-state index contributed by atoms with van der Waals surface area (Å²) in [5.41, 5.74) is 0.922. The first-order valence-electron chi connectivity index (χ1n) is 8.57. The maximum Gasteiger partial charge on any atom is 0.243 e. The molecule has 1 fully saturated rings. The Hall–Kier alpha value is -2.83. The molecule has 0 bridgehead atoms. The van der Waals surface area contributed by atoms with Gasteiger partial charge in [0.25, 0.3) is 0 Å². The van der Waals surface area contributed by atoms with Crippen molar-refractivity contribution in [2.75, 3.05) is 18.4 Å². The fourth-order valence-electron chi connectivity index (χ4n) is 3.06. The molecule has 1 amide bonds. The molecule has 3 rings (SSSR count). The number of benzene rings is 2. The van der Waals surface area contributed by atoms with Crippen molar-refractivity contribution in [2.45, 2.75) is 17.7 Å². The Bertz CT molecular complexity index is 1040. The standard InChI is InChI=1S/C19H17F2N3O3S/c20-17-5-4-16(11-18(17)21)28(26,27)24-8-6-14(7-9-24)19(25)23-15-3-1-2-13(10-15)12-22/h1-5,10-11,14H,6-9H2,(H,23,25). The average molecular weight is 405 g/mol. The van der Waals surface area contributed by atoms with Gasteiger partial charge in [0.2, 0.25) is 15.9 Å². The molecule has 0 unspecified atom stereocenters. The van der Waals surface area contributed by atoms with E-state index in [1.54, 1.807) is 24.3 Å². The molecule has 0 radical (unpaired) electrons. The third-order valence-electron chi connectivity index (χ3n) is 4.61. The molecule has 2 aromatic rings. The number of hydrogen-bond donors (Lipinski definition) is 1. The number of piperidine rings is 1. The van der Waals surface area contributed by atoms with Gasteiger partial charge in [-0.15, -0.1) is 0 Å². The summed E-state index contributed by atoms with van der Waals surface area (Å²) in [5.74, 6) is -2.98. The molecule has 0 aliphatic carbocycles. The smallest absolute Gasteiger partial charge is 0.243 e. The Morgan fingerprint density at radius 2 is 1.82 bits per heavy atom. The summed E-state index contributed by atoms with van der Waals surface area (Å²) in [4.78, 5) is 12.1. The Labute approximate surface area is 161 Å². The molecule has 1 N–H and O–H groups in total. The maximum absolute atomic E-state index is 13.4. The number of nitrogens with one attached hydrogen (secondary N) is 1. The summed E-state index contributed by atoms with van der Waals surface area (Å²) in [7, 11) is -3.96. The van der Waals surface area contributed by atoms with Crippen LogP contribution < -0.4 is 5.32 Å². The second kappa shape index (κ2) is 8.04. The molecular weight excluding hydrogens is 388 g/mol. The molecule has 0 spiro atoms. The van der Waals surface area contributed by atoms with Crippen LogP contribution in [0.2, 0.25) is 0 Å². The van der Waals surface area contributed by atoms with Crippen LogP contribution in [0.25, 0.3) is 0 Å². The first kappa shape index (κ1) is 19.9. The molecule has 146 valence electrons. The van der Waals surface area contributed by atoms with Crippen LogP contribution in [0, 0.1) is 28.9 Å². The minimum Gasteiger partial charge on any atom is -0.326 e. The number of nitriles is 1. The van der Waals surface area contributed by atoms with Gasteiger partial charge in [-0.3, -0.25) is 4.79 Å². The van der Waals surface area contributed by atoms with E-state index in [0.717, 1.165) is 12.1 Å². The van der Waals surface area contributed by atoms with Crippen LogP contribution in [0.4, 0.5) is 14.5 Å². The molecule has 0 aromatic heterocycles. The van der Waals surface area contributed by atoms with Gasteiger partial charge in [-0.2, -0.15) is 9.57 Å². The molecule has 0 atom stereocenters. The van der Waals surface area contributed by atoms with E-state index in [4.69, 9.17) is 5.26 Å². The van der Waals surface area contributed by atoms with Crippen LogP contribution in [0.3, 0.4) is 0 Å². The van der Waals surface area contributed by atoms with E-state index in [-0.39, 0.29) is 29.8 Å². The van der Waals surface area contributed by atoms with Crippen molar-refractivity contribution >= 4 is 21.6 Å². The molecule has 28 heavy (non-hydrogen) atoms. The highest BCUT2D eigenvalue weighted by Crippen LogP contribution is 2.26. The lowest BCUT2D eigenvalue weighted by molar-refractivity contribution is -0.120. The highest BCUT2D eigenvalue weighted by atomic mass is 32.2. The van der Waals surface area contributed by atoms with Gasteiger partial charge in [-0.25, -0.2) is 17.2 Å². The van der Waals surface area contributed by atoms with Crippen LogP contribution in [-0.4, -0.2) is 31.7 Å². The number of anilines is 1. The molecule has 1 aliphatic rings. The minimum absolute atomic E-state index is 0.0949. The van der Waals surface area contributed by atoms with Gasteiger partial charge >= 0.3 is 0 Å². The van der Waals surface area contributed by atoms with E-state index in [2.05, 4.69) is 5.32 Å². The van der Waals surface area contributed by atoms with E-state index in [1.165, 1.54) is 4.31 Å². The highest BCUT2D eigenvalue weighted by molar-refractivity contribution is 7.89. The van der Waals surface area contributed by atoms with Crippen molar-refractivity contribution in [3.8, 4) is 6.07 Å². The van der Waals surface area contributed by atoms with Crippen LogP contribution in [0.5, 0.6) is 0 Å². The highest BCUT2D eigenvalue weighted by Gasteiger charge is 2.32. The zero-order chi connectivity index (χ0) is 20.3. The van der Waals surface area contributed by atoms with Crippen LogP contribution in [0.1, 0.15) is 18.4 Å². The van der Waals surface area contributed by atoms with Crippen molar-refractivity contribution in [1.29, 1.82) is 5.26 Å². The minimum atomic E-state index is -3.96. The third kappa shape index (κ3) is 4.18. The number of carbonyl (C=O) groups excluding carboxylic acids is 1. The topological polar surface area (TPSA) is 90.3 Å². The lowest BCUT2D eigenvalue weighted by Crippen LogP contribution is -2.41. The predicted octanol–water partition coefficient (Wildman–Crippen LogP) is 2.88. The summed E-state index contributed by atoms with van der Waals surface area (Å²) < 4.78 is 52.8. The van der Waals surface area contributed by atoms with Gasteiger partial charge in [-0.1, -0.05) is 6.07 Å². The summed E-state index contributed by atoms with van der Waals surface area (Å²) >= 11 is 0. The van der Waals surface area contributed by atoms with E-state index < -0.39 is 21.7 Å². The van der Waals surface area contributed by atoms with E-state index in [9.17, 15) is 22.0 Å². The Morgan fingerprint density at radius 3 is 2.46 bits per heavy atom. The summed E-state index contributed by atoms with van der Waals surface area (Å²) in [5, 5.41) is 11.6. The number of carbonyl (C=O) groups is 1. The van der Waals surface area contributed by atoms with Crippen molar-refractivity contribution < 1.29 is 22.0 Å². The molecule has 1 heterocycles. The third-order valence-corrected chi connectivity index (χ3v) is 6.51. The fourth-order valence-corrected chi connectivity index (χ4v) is 4.54. The van der Waals surface area contributed by atoms with Gasteiger partial charge < -0.3 is 5.32 Å². The second-order valence-electron chi connectivity index (χ2n) is 6.44. The number of hydrogen-bond acceptors (Lipinski definition) is 4. The number of halogens is 2. The van der Waals surface area contributed by atoms with Gasteiger partial charge in [-0.05, 0) is 49.2 Å². The van der Waals surface area contributed by atoms with Gasteiger partial charge in [0.1, 0.15) is 0 Å². The Balaban J connectivity index is 1.64. The molecule has 2 aromatic carbocycles. The van der Waals surface area contributed by atoms with Crippen molar-refractivity contribution in [3.63, 3.8) is 0 Å². The van der Waals surface area contributed by atoms with Gasteiger partial charge in [0.05, 0.1) is 16.5 Å². The van der Waals surface area contributed by atoms with E-state index >= 15 is 0 Å². The Morgan fingerprint density at radius 1 is 1.11 bits per heavy atom. The monoisotopic (exact) mass is 405 g/mol. The van der Waals surface area contributed by atoms with E-state index in [1.807, 2.05) is 6.07 Å². The normalized spacial score (nSPS) is 15.8. The average Bonchev–Trinajstić information content (AvgIpc) is 2.70. The first-order valence-corrected chi connectivity index (χ1v) is 10.0. The predicted molar refractivity (Wildman–Crippen MR) is 97.6 cm³/mol. The molecular formula is C19H17F2N3O3S. The SMILES string of the molecule is N#Cc1cccc(NC(=O)C2CCN(S(=O)(=O)c3ccc(F)c(F)c3)CC2)c1. The fraction of sp³-hybridized carbons (Fsp3) is 0.263. The second-order valence-corrected chi connectivity index (χ2v) is 8.37. The van der Waals surface area contributed by atoms with Crippen molar-refractivity contribution in [2.24, 2.45) is 5.92 Å². The number of nitrogens with zero attached hydrogens (tertiary/aromatic N) is 2. The quantitative estimate of drug-likeness (QED) is 0.847. The van der Waals surface area contributed by atoms with Crippen LogP contribution >= 0.6 is 0 Å². The number of rotatable bonds is 4. The first-order chi connectivity index (χ1) is 13.3. The van der Waals surface area contributed by atoms with E-state index in [0.29, 0.717) is 30.2 Å². The summed E-state index contributed by atoms with van der Waals surface area (Å²) in [6, 6.07) is 11.0. The van der Waals surface area contributed by atoms with Crippen molar-refractivity contribution in [1.82, 2.24) is 4.31 Å². The molecule has 9 heteroatoms. The zero-order valence-corrected chi connectivity index (χ0v) is 15.5. The largest absolute Gasteiger partial charge is 0.326 e. The molecule has 0 saturated carbocycles. The maximum atomic E-state index is 13.4. The number of sulfonamides is 1. The van der Waals surface area contributed by atoms with Crippen molar-refractivity contribution in [3.05, 3.63) is 59.7 Å². The lowest BCUT2D eigenvalue weighted by atomic mass is 9.97. The van der Waals surface area contributed by atoms with Gasteiger partial charge in [0, 0.05) is 24.7 Å². The van der Waals surface area contributed by atoms with Crippen LogP contribution in [-0.2, 0) is 14.8 Å². The summed E-state index contributed by atoms with van der Waals surface area (Å²) in [6.45, 7) is 0.190. The zero-order valence-electron chi connectivity index (χ0n) is 14.7. The molecule has 1 aliphatic heterocycles. The van der Waals surface area contributed by atoms with Gasteiger partial charge in [0.15, 0.2) is 11.6 Å². The lowest BCUT2D eigenvalue weighted by Gasteiger charge is -2.30. The Kier molecular flexibility index (Phi) is 5.72.